The van der Waals surface area contributed by atoms with Crippen LogP contribution in [0, 0.1) is 0 Å². The Morgan fingerprint density at radius 2 is 2.00 bits per heavy atom. The number of piperidine rings is 1. The van der Waals surface area contributed by atoms with Crippen molar-refractivity contribution in [1.29, 1.82) is 0 Å². The van der Waals surface area contributed by atoms with Crippen molar-refractivity contribution < 1.29 is 0 Å². The highest BCUT2D eigenvalue weighted by molar-refractivity contribution is 4.83. The summed E-state index contributed by atoms with van der Waals surface area (Å²) in [6.07, 6.45) is 5.51. The maximum Gasteiger partial charge on any atom is 0.0221 e. The summed E-state index contributed by atoms with van der Waals surface area (Å²) in [4.78, 5) is 5.08. The van der Waals surface area contributed by atoms with E-state index >= 15 is 0 Å². The van der Waals surface area contributed by atoms with Gasteiger partial charge in [0.1, 0.15) is 0 Å². The van der Waals surface area contributed by atoms with Crippen molar-refractivity contribution >= 4 is 0 Å². The number of hydrogen-bond acceptors (Lipinski definition) is 3. The van der Waals surface area contributed by atoms with Crippen LogP contribution in [0.2, 0.25) is 0 Å². The first-order valence-electron chi connectivity index (χ1n) is 6.95. The van der Waals surface area contributed by atoms with Crippen molar-refractivity contribution in [2.24, 2.45) is 0 Å². The summed E-state index contributed by atoms with van der Waals surface area (Å²) in [6.45, 7) is 8.53. The van der Waals surface area contributed by atoms with Crippen LogP contribution in [0.4, 0.5) is 0 Å². The van der Waals surface area contributed by atoms with Gasteiger partial charge < -0.3 is 10.2 Å². The summed E-state index contributed by atoms with van der Waals surface area (Å²) in [5.74, 6) is 0. The summed E-state index contributed by atoms with van der Waals surface area (Å²) in [5.41, 5.74) is 0. The van der Waals surface area contributed by atoms with Gasteiger partial charge in [0.15, 0.2) is 0 Å². The molecule has 0 amide bonds. The third-order valence-corrected chi connectivity index (χ3v) is 4.17. The van der Waals surface area contributed by atoms with E-state index in [9.17, 15) is 0 Å². The van der Waals surface area contributed by atoms with Crippen molar-refractivity contribution in [3.8, 4) is 0 Å². The van der Waals surface area contributed by atoms with Crippen LogP contribution in [-0.2, 0) is 0 Å². The molecule has 0 spiro atoms. The number of rotatable bonds is 4. The molecule has 2 saturated heterocycles. The highest BCUT2D eigenvalue weighted by atomic mass is 15.2. The minimum Gasteiger partial charge on any atom is -0.311 e. The van der Waals surface area contributed by atoms with Crippen LogP contribution < -0.4 is 5.32 Å². The smallest absolute Gasteiger partial charge is 0.0221 e. The van der Waals surface area contributed by atoms with Gasteiger partial charge in [-0.3, -0.25) is 4.90 Å². The second kappa shape index (κ2) is 5.99. The van der Waals surface area contributed by atoms with Crippen LogP contribution in [-0.4, -0.2) is 61.7 Å². The molecule has 2 heterocycles. The molecule has 16 heavy (non-hydrogen) atoms. The third-order valence-electron chi connectivity index (χ3n) is 4.17. The molecule has 0 aliphatic carbocycles. The lowest BCUT2D eigenvalue weighted by Gasteiger charge is -2.32. The Kier molecular flexibility index (Phi) is 4.62. The molecule has 3 heteroatoms. The predicted molar refractivity (Wildman–Crippen MR) is 68.8 cm³/mol. The lowest BCUT2D eigenvalue weighted by Crippen LogP contribution is -2.48. The van der Waals surface area contributed by atoms with Gasteiger partial charge in [0.05, 0.1) is 0 Å². The van der Waals surface area contributed by atoms with Crippen LogP contribution >= 0.6 is 0 Å². The number of likely N-dealkylation sites (tertiary alicyclic amines) is 2. The molecule has 2 aliphatic rings. The SMILES string of the molecule is CCN1CCCC1CNC1CCCN(C)C1. The fourth-order valence-corrected chi connectivity index (χ4v) is 3.18. The first-order valence-corrected chi connectivity index (χ1v) is 6.95. The van der Waals surface area contributed by atoms with Gasteiger partial charge in [0.25, 0.3) is 0 Å². The topological polar surface area (TPSA) is 18.5 Å². The van der Waals surface area contributed by atoms with Crippen LogP contribution in [0.5, 0.6) is 0 Å². The van der Waals surface area contributed by atoms with Gasteiger partial charge in [-0.1, -0.05) is 6.92 Å². The van der Waals surface area contributed by atoms with E-state index < -0.39 is 0 Å². The molecular formula is C13H27N3. The van der Waals surface area contributed by atoms with Gasteiger partial charge in [-0.05, 0) is 52.4 Å². The Labute approximate surface area is 100 Å². The average Bonchev–Trinajstić information content (AvgIpc) is 2.74. The van der Waals surface area contributed by atoms with Crippen molar-refractivity contribution in [2.75, 3.05) is 39.8 Å². The zero-order valence-corrected chi connectivity index (χ0v) is 10.9. The van der Waals surface area contributed by atoms with Gasteiger partial charge in [-0.15, -0.1) is 0 Å². The number of nitrogens with zero attached hydrogens (tertiary/aromatic N) is 2. The second-order valence-electron chi connectivity index (χ2n) is 5.43. The van der Waals surface area contributed by atoms with Crippen molar-refractivity contribution in [2.45, 2.75) is 44.7 Å². The van der Waals surface area contributed by atoms with E-state index in [0.29, 0.717) is 0 Å². The van der Waals surface area contributed by atoms with Crippen molar-refractivity contribution in [1.82, 2.24) is 15.1 Å². The van der Waals surface area contributed by atoms with Gasteiger partial charge in [0.2, 0.25) is 0 Å². The molecule has 0 bridgehead atoms. The molecule has 3 nitrogen and oxygen atoms in total. The van der Waals surface area contributed by atoms with E-state index in [4.69, 9.17) is 0 Å². The zero-order valence-electron chi connectivity index (χ0n) is 10.9. The predicted octanol–water partition coefficient (Wildman–Crippen LogP) is 1.15. The molecule has 0 aromatic carbocycles. The molecule has 0 saturated carbocycles. The van der Waals surface area contributed by atoms with Gasteiger partial charge in [-0.25, -0.2) is 0 Å². The average molecular weight is 225 g/mol. The van der Waals surface area contributed by atoms with Crippen LogP contribution in [0.3, 0.4) is 0 Å². The Balaban J connectivity index is 1.70. The minimum absolute atomic E-state index is 0.734. The van der Waals surface area contributed by atoms with E-state index in [2.05, 4.69) is 29.1 Å². The molecule has 1 N–H and O–H groups in total. The molecule has 0 aromatic rings. The van der Waals surface area contributed by atoms with E-state index in [1.807, 2.05) is 0 Å². The highest BCUT2D eigenvalue weighted by Gasteiger charge is 2.24. The van der Waals surface area contributed by atoms with E-state index in [-0.39, 0.29) is 0 Å². The quantitative estimate of drug-likeness (QED) is 0.774. The zero-order chi connectivity index (χ0) is 11.4. The number of likely N-dealkylation sites (N-methyl/N-ethyl adjacent to an activating group) is 2. The lowest BCUT2D eigenvalue weighted by molar-refractivity contribution is 0.205. The van der Waals surface area contributed by atoms with Crippen LogP contribution in [0.15, 0.2) is 0 Å². The van der Waals surface area contributed by atoms with Gasteiger partial charge in [0, 0.05) is 25.2 Å². The molecule has 94 valence electrons. The van der Waals surface area contributed by atoms with E-state index in [1.165, 1.54) is 58.4 Å². The largest absolute Gasteiger partial charge is 0.311 e. The highest BCUT2D eigenvalue weighted by Crippen LogP contribution is 2.16. The number of hydrogen-bond donors (Lipinski definition) is 1. The standard InChI is InChI=1S/C13H27N3/c1-3-16-9-5-7-13(16)10-14-12-6-4-8-15(2)11-12/h12-14H,3-11H2,1-2H3. The van der Waals surface area contributed by atoms with E-state index in [0.717, 1.165) is 12.1 Å². The summed E-state index contributed by atoms with van der Waals surface area (Å²) < 4.78 is 0. The molecule has 0 radical (unpaired) electrons. The maximum absolute atomic E-state index is 3.77. The van der Waals surface area contributed by atoms with E-state index in [1.54, 1.807) is 0 Å². The summed E-state index contributed by atoms with van der Waals surface area (Å²) >= 11 is 0. The number of nitrogens with one attached hydrogen (secondary N) is 1. The van der Waals surface area contributed by atoms with Crippen LogP contribution in [0.1, 0.15) is 32.6 Å². The third kappa shape index (κ3) is 3.19. The van der Waals surface area contributed by atoms with Crippen molar-refractivity contribution in [3.63, 3.8) is 0 Å². The Hall–Kier alpha value is -0.120. The maximum atomic E-state index is 3.77. The fraction of sp³-hybridized carbons (Fsp3) is 1.00. The first-order chi connectivity index (χ1) is 7.79. The Bertz CT molecular complexity index is 207. The Morgan fingerprint density at radius 3 is 2.75 bits per heavy atom. The molecule has 2 atom stereocenters. The Morgan fingerprint density at radius 1 is 1.19 bits per heavy atom. The van der Waals surface area contributed by atoms with Crippen LogP contribution in [0.25, 0.3) is 0 Å². The van der Waals surface area contributed by atoms with Gasteiger partial charge in [-0.2, -0.15) is 0 Å². The second-order valence-corrected chi connectivity index (χ2v) is 5.43. The molecule has 2 unspecified atom stereocenters. The summed E-state index contributed by atoms with van der Waals surface area (Å²) in [6, 6.07) is 1.54. The fourth-order valence-electron chi connectivity index (χ4n) is 3.18. The summed E-state index contributed by atoms with van der Waals surface area (Å²) in [5, 5.41) is 3.77. The molecule has 2 rings (SSSR count). The monoisotopic (exact) mass is 225 g/mol. The van der Waals surface area contributed by atoms with Crippen molar-refractivity contribution in [3.05, 3.63) is 0 Å². The minimum atomic E-state index is 0.734. The van der Waals surface area contributed by atoms with Gasteiger partial charge >= 0.3 is 0 Å². The molecular weight excluding hydrogens is 198 g/mol. The first kappa shape index (κ1) is 12.3. The lowest BCUT2D eigenvalue weighted by atomic mass is 10.1. The normalized spacial score (nSPS) is 33.4. The molecule has 2 aliphatic heterocycles. The molecule has 2 fully saturated rings. The molecule has 0 aromatic heterocycles. The summed E-state index contributed by atoms with van der Waals surface area (Å²) in [7, 11) is 2.24.